The molecular weight excluding hydrogens is 250 g/mol. The van der Waals surface area contributed by atoms with Gasteiger partial charge in [-0.05, 0) is 25.7 Å². The predicted molar refractivity (Wildman–Crippen MR) is 80.8 cm³/mol. The minimum absolute atomic E-state index is 0.106. The first-order valence-corrected chi connectivity index (χ1v) is 8.59. The molecule has 114 valence electrons. The van der Waals surface area contributed by atoms with Gasteiger partial charge in [0.1, 0.15) is 0 Å². The lowest BCUT2D eigenvalue weighted by Gasteiger charge is -2.50. The van der Waals surface area contributed by atoms with Gasteiger partial charge in [0.2, 0.25) is 0 Å². The molecule has 3 fully saturated rings. The summed E-state index contributed by atoms with van der Waals surface area (Å²) in [6.07, 6.45) is 12.5. The van der Waals surface area contributed by atoms with Crippen LogP contribution in [0.4, 0.5) is 4.79 Å². The molecule has 4 heteroatoms. The van der Waals surface area contributed by atoms with Gasteiger partial charge >= 0.3 is 6.03 Å². The minimum atomic E-state index is 0.106. The molecule has 2 amide bonds. The Bertz CT molecular complexity index is 324. The molecule has 2 aliphatic carbocycles. The highest BCUT2D eigenvalue weighted by molar-refractivity contribution is 5.75. The van der Waals surface area contributed by atoms with Gasteiger partial charge in [0.15, 0.2) is 0 Å². The maximum Gasteiger partial charge on any atom is 0.318 e. The van der Waals surface area contributed by atoms with E-state index in [4.69, 9.17) is 0 Å². The summed E-state index contributed by atoms with van der Waals surface area (Å²) >= 11 is 0. The van der Waals surface area contributed by atoms with Crippen molar-refractivity contribution in [3.05, 3.63) is 0 Å². The summed E-state index contributed by atoms with van der Waals surface area (Å²) in [7, 11) is 0. The maximum atomic E-state index is 12.7. The van der Waals surface area contributed by atoms with Crippen LogP contribution in [-0.4, -0.2) is 42.1 Å². The fourth-order valence-corrected chi connectivity index (χ4v) is 4.32. The van der Waals surface area contributed by atoms with Crippen LogP contribution in [0.1, 0.15) is 64.2 Å². The van der Waals surface area contributed by atoms with Crippen molar-refractivity contribution < 1.29 is 4.79 Å². The van der Waals surface area contributed by atoms with Crippen molar-refractivity contribution in [1.29, 1.82) is 0 Å². The van der Waals surface area contributed by atoms with Crippen molar-refractivity contribution >= 4 is 6.03 Å². The number of rotatable bonds is 1. The second-order valence-corrected chi connectivity index (χ2v) is 6.90. The zero-order valence-corrected chi connectivity index (χ0v) is 12.6. The van der Waals surface area contributed by atoms with Crippen molar-refractivity contribution in [1.82, 2.24) is 15.5 Å². The van der Waals surface area contributed by atoms with E-state index >= 15 is 0 Å². The predicted octanol–water partition coefficient (Wildman–Crippen LogP) is 2.64. The van der Waals surface area contributed by atoms with E-state index in [-0.39, 0.29) is 11.6 Å². The van der Waals surface area contributed by atoms with E-state index in [1.54, 1.807) is 0 Å². The molecule has 0 aromatic rings. The highest BCUT2D eigenvalue weighted by Crippen LogP contribution is 2.34. The van der Waals surface area contributed by atoms with Crippen LogP contribution >= 0.6 is 0 Å². The number of nitrogens with zero attached hydrogens (tertiary/aromatic N) is 1. The fourth-order valence-electron chi connectivity index (χ4n) is 4.32. The number of hydrogen-bond donors (Lipinski definition) is 2. The van der Waals surface area contributed by atoms with Crippen LogP contribution in [0.3, 0.4) is 0 Å². The Labute approximate surface area is 122 Å². The largest absolute Gasteiger partial charge is 0.335 e. The Morgan fingerprint density at radius 3 is 2.50 bits per heavy atom. The lowest BCUT2D eigenvalue weighted by atomic mass is 9.79. The SMILES string of the molecule is O=C(NC1CCCCC1)N1CCNCC12CCCCC2. The van der Waals surface area contributed by atoms with E-state index in [0.29, 0.717) is 6.04 Å². The number of carbonyl (C=O) groups is 1. The van der Waals surface area contributed by atoms with E-state index in [9.17, 15) is 4.79 Å². The van der Waals surface area contributed by atoms with E-state index in [0.717, 1.165) is 19.6 Å². The molecule has 3 aliphatic rings. The van der Waals surface area contributed by atoms with Gasteiger partial charge in [-0.25, -0.2) is 4.79 Å². The number of urea groups is 1. The molecule has 1 saturated heterocycles. The second kappa shape index (κ2) is 6.33. The summed E-state index contributed by atoms with van der Waals surface area (Å²) in [5.41, 5.74) is 0.106. The first-order chi connectivity index (χ1) is 9.80. The summed E-state index contributed by atoms with van der Waals surface area (Å²) in [6, 6.07) is 0.632. The highest BCUT2D eigenvalue weighted by Gasteiger charge is 2.42. The van der Waals surface area contributed by atoms with Gasteiger partial charge < -0.3 is 15.5 Å². The van der Waals surface area contributed by atoms with E-state index < -0.39 is 0 Å². The molecule has 1 aliphatic heterocycles. The molecular formula is C16H29N3O. The molecule has 2 N–H and O–H groups in total. The van der Waals surface area contributed by atoms with Crippen molar-refractivity contribution in [2.75, 3.05) is 19.6 Å². The number of amides is 2. The topological polar surface area (TPSA) is 44.4 Å². The van der Waals surface area contributed by atoms with Crippen LogP contribution in [0.15, 0.2) is 0 Å². The van der Waals surface area contributed by atoms with Gasteiger partial charge in [0.05, 0.1) is 5.54 Å². The summed E-state index contributed by atoms with van der Waals surface area (Å²) in [6.45, 7) is 2.81. The third-order valence-corrected chi connectivity index (χ3v) is 5.50. The van der Waals surface area contributed by atoms with Gasteiger partial charge in [-0.3, -0.25) is 0 Å². The van der Waals surface area contributed by atoms with Crippen LogP contribution in [0.5, 0.6) is 0 Å². The van der Waals surface area contributed by atoms with Gasteiger partial charge in [-0.1, -0.05) is 38.5 Å². The monoisotopic (exact) mass is 279 g/mol. The maximum absolute atomic E-state index is 12.7. The first kappa shape index (κ1) is 14.2. The molecule has 4 nitrogen and oxygen atoms in total. The highest BCUT2D eigenvalue weighted by atomic mass is 16.2. The zero-order chi connectivity index (χ0) is 13.8. The molecule has 0 bridgehead atoms. The third kappa shape index (κ3) is 2.95. The lowest BCUT2D eigenvalue weighted by molar-refractivity contribution is 0.0550. The Morgan fingerprint density at radius 2 is 1.75 bits per heavy atom. The van der Waals surface area contributed by atoms with Crippen LogP contribution in [0.2, 0.25) is 0 Å². The molecule has 3 rings (SSSR count). The molecule has 0 radical (unpaired) electrons. The molecule has 0 aromatic heterocycles. The minimum Gasteiger partial charge on any atom is -0.335 e. The first-order valence-electron chi connectivity index (χ1n) is 8.59. The van der Waals surface area contributed by atoms with Gasteiger partial charge in [0, 0.05) is 25.7 Å². The summed E-state index contributed by atoms with van der Waals surface area (Å²) in [5, 5.41) is 6.83. The molecule has 1 heterocycles. The smallest absolute Gasteiger partial charge is 0.318 e. The molecule has 1 spiro atoms. The quantitative estimate of drug-likeness (QED) is 0.775. The molecule has 0 unspecified atom stereocenters. The lowest BCUT2D eigenvalue weighted by Crippen LogP contribution is -2.66. The summed E-state index contributed by atoms with van der Waals surface area (Å²) in [5.74, 6) is 0. The number of carbonyl (C=O) groups excluding carboxylic acids is 1. The third-order valence-electron chi connectivity index (χ3n) is 5.50. The summed E-state index contributed by atoms with van der Waals surface area (Å²) < 4.78 is 0. The Hall–Kier alpha value is -0.770. The number of hydrogen-bond acceptors (Lipinski definition) is 2. The number of nitrogens with one attached hydrogen (secondary N) is 2. The van der Waals surface area contributed by atoms with Crippen molar-refractivity contribution in [2.24, 2.45) is 0 Å². The van der Waals surface area contributed by atoms with E-state index in [2.05, 4.69) is 15.5 Å². The van der Waals surface area contributed by atoms with Crippen LogP contribution < -0.4 is 10.6 Å². The average Bonchev–Trinajstić information content (AvgIpc) is 2.49. The van der Waals surface area contributed by atoms with Gasteiger partial charge in [-0.2, -0.15) is 0 Å². The molecule has 0 atom stereocenters. The Kier molecular flexibility index (Phi) is 4.49. The van der Waals surface area contributed by atoms with Crippen molar-refractivity contribution in [3.63, 3.8) is 0 Å². The van der Waals surface area contributed by atoms with Gasteiger partial charge in [0.25, 0.3) is 0 Å². The fraction of sp³-hybridized carbons (Fsp3) is 0.938. The normalized spacial score (nSPS) is 27.5. The molecule has 20 heavy (non-hydrogen) atoms. The van der Waals surface area contributed by atoms with Crippen LogP contribution in [0, 0.1) is 0 Å². The van der Waals surface area contributed by atoms with Crippen molar-refractivity contribution in [3.8, 4) is 0 Å². The summed E-state index contributed by atoms with van der Waals surface area (Å²) in [4.78, 5) is 14.9. The number of piperazine rings is 1. The Balaban J connectivity index is 1.64. The second-order valence-electron chi connectivity index (χ2n) is 6.90. The molecule has 2 saturated carbocycles. The standard InChI is InChI=1S/C16H29N3O/c20-15(18-14-7-3-1-4-8-14)19-12-11-17-13-16(19)9-5-2-6-10-16/h14,17H,1-13H2,(H,18,20). The van der Waals surface area contributed by atoms with Gasteiger partial charge in [-0.15, -0.1) is 0 Å². The van der Waals surface area contributed by atoms with Crippen molar-refractivity contribution in [2.45, 2.75) is 75.8 Å². The Morgan fingerprint density at radius 1 is 1.05 bits per heavy atom. The molecule has 0 aromatic carbocycles. The van der Waals surface area contributed by atoms with E-state index in [1.165, 1.54) is 64.2 Å². The van der Waals surface area contributed by atoms with Crippen LogP contribution in [-0.2, 0) is 0 Å². The average molecular weight is 279 g/mol. The van der Waals surface area contributed by atoms with E-state index in [1.807, 2.05) is 0 Å². The zero-order valence-electron chi connectivity index (χ0n) is 12.6. The van der Waals surface area contributed by atoms with Crippen LogP contribution in [0.25, 0.3) is 0 Å².